The van der Waals surface area contributed by atoms with Gasteiger partial charge in [0.25, 0.3) is 0 Å². The van der Waals surface area contributed by atoms with Crippen LogP contribution in [0.25, 0.3) is 0 Å². The average molecular weight is 409 g/mol. The fraction of sp³-hybridized carbons (Fsp3) is 0.696. The van der Waals surface area contributed by atoms with Crippen molar-refractivity contribution in [3.05, 3.63) is 24.0 Å². The van der Waals surface area contributed by atoms with Gasteiger partial charge in [-0.25, -0.2) is 4.79 Å². The second kappa shape index (κ2) is 12.6. The second-order valence-electron chi connectivity index (χ2n) is 8.44. The van der Waals surface area contributed by atoms with Gasteiger partial charge in [-0.1, -0.05) is 32.4 Å². The van der Waals surface area contributed by atoms with Crippen molar-refractivity contribution < 1.29 is 28.6 Å². The van der Waals surface area contributed by atoms with E-state index in [1.165, 1.54) is 14.0 Å². The lowest BCUT2D eigenvalue weighted by Gasteiger charge is -2.22. The Morgan fingerprint density at radius 1 is 1.21 bits per heavy atom. The van der Waals surface area contributed by atoms with E-state index < -0.39 is 11.9 Å². The van der Waals surface area contributed by atoms with Crippen molar-refractivity contribution in [1.29, 1.82) is 0 Å². The van der Waals surface area contributed by atoms with Crippen LogP contribution in [0.15, 0.2) is 24.0 Å². The summed E-state index contributed by atoms with van der Waals surface area (Å²) in [6.07, 6.45) is 11.6. The molecule has 0 aromatic heterocycles. The van der Waals surface area contributed by atoms with Crippen LogP contribution in [0, 0.1) is 17.3 Å². The van der Waals surface area contributed by atoms with Crippen molar-refractivity contribution in [2.24, 2.45) is 17.3 Å². The number of hydrogen-bond donors (Lipinski definition) is 0. The van der Waals surface area contributed by atoms with Gasteiger partial charge in [0.15, 0.2) is 0 Å². The number of methoxy groups -OCH3 is 2. The molecule has 1 saturated carbocycles. The van der Waals surface area contributed by atoms with Gasteiger partial charge >= 0.3 is 11.9 Å². The van der Waals surface area contributed by atoms with Gasteiger partial charge in [-0.3, -0.25) is 9.59 Å². The van der Waals surface area contributed by atoms with E-state index in [1.807, 2.05) is 0 Å². The first-order valence-electron chi connectivity index (χ1n) is 10.4. The first-order chi connectivity index (χ1) is 13.7. The Bertz CT molecular complexity index is 617. The summed E-state index contributed by atoms with van der Waals surface area (Å²) in [6.45, 7) is 6.29. The molecule has 0 heterocycles. The van der Waals surface area contributed by atoms with E-state index >= 15 is 0 Å². The summed E-state index contributed by atoms with van der Waals surface area (Å²) in [5.74, 6) is -0.551. The molecule has 6 nitrogen and oxygen atoms in total. The third-order valence-electron chi connectivity index (χ3n) is 5.18. The summed E-state index contributed by atoms with van der Waals surface area (Å²) in [7, 11) is 2.96. The minimum absolute atomic E-state index is 0.0728. The maximum atomic E-state index is 12.3. The number of esters is 2. The Morgan fingerprint density at radius 2 is 1.93 bits per heavy atom. The van der Waals surface area contributed by atoms with Gasteiger partial charge in [-0.2, -0.15) is 0 Å². The van der Waals surface area contributed by atoms with Crippen LogP contribution in [-0.2, 0) is 28.6 Å². The van der Waals surface area contributed by atoms with Gasteiger partial charge < -0.3 is 14.2 Å². The fourth-order valence-corrected chi connectivity index (χ4v) is 3.72. The van der Waals surface area contributed by atoms with Crippen LogP contribution in [-0.4, -0.2) is 38.5 Å². The van der Waals surface area contributed by atoms with Gasteiger partial charge in [-0.15, -0.1) is 0 Å². The van der Waals surface area contributed by atoms with Crippen molar-refractivity contribution >= 4 is 17.7 Å². The van der Waals surface area contributed by atoms with Crippen LogP contribution in [0.1, 0.15) is 65.7 Å². The van der Waals surface area contributed by atoms with E-state index in [-0.39, 0.29) is 17.1 Å². The molecule has 2 atom stereocenters. The van der Waals surface area contributed by atoms with Gasteiger partial charge in [0.05, 0.1) is 13.7 Å². The van der Waals surface area contributed by atoms with Crippen molar-refractivity contribution in [3.63, 3.8) is 0 Å². The van der Waals surface area contributed by atoms with Gasteiger partial charge in [0, 0.05) is 26.4 Å². The lowest BCUT2D eigenvalue weighted by atomic mass is 9.87. The number of ether oxygens (including phenoxy) is 3. The molecule has 0 bridgehead atoms. The fourth-order valence-electron chi connectivity index (χ4n) is 3.72. The quantitative estimate of drug-likeness (QED) is 0.157. The van der Waals surface area contributed by atoms with E-state index in [0.717, 1.165) is 32.1 Å². The summed E-state index contributed by atoms with van der Waals surface area (Å²) < 4.78 is 14.7. The zero-order valence-electron chi connectivity index (χ0n) is 18.5. The highest BCUT2D eigenvalue weighted by atomic mass is 16.6. The third kappa shape index (κ3) is 9.39. The predicted octanol–water partition coefficient (Wildman–Crippen LogP) is 4.38. The molecule has 0 unspecified atom stereocenters. The highest BCUT2D eigenvalue weighted by Crippen LogP contribution is 2.34. The van der Waals surface area contributed by atoms with Crippen molar-refractivity contribution in [2.45, 2.75) is 65.7 Å². The zero-order valence-corrected chi connectivity index (χ0v) is 18.5. The molecule has 0 aromatic carbocycles. The molecule has 164 valence electrons. The molecule has 1 fully saturated rings. The average Bonchev–Trinajstić information content (AvgIpc) is 2.99. The molecular formula is C23H36O6. The van der Waals surface area contributed by atoms with Crippen LogP contribution in [0.5, 0.6) is 0 Å². The highest BCUT2D eigenvalue weighted by Gasteiger charge is 2.32. The summed E-state index contributed by atoms with van der Waals surface area (Å²) >= 11 is 0. The van der Waals surface area contributed by atoms with E-state index in [2.05, 4.69) is 30.7 Å². The van der Waals surface area contributed by atoms with E-state index in [0.29, 0.717) is 31.1 Å². The number of Topliss-reactive ketones (excluding diaryl/α,β-unsaturated/α-hetero) is 1. The second-order valence-corrected chi connectivity index (χ2v) is 8.44. The number of allylic oxidation sites excluding steroid dienone is 3. The Labute approximate surface area is 174 Å². The maximum Gasteiger partial charge on any atom is 0.373 e. The van der Waals surface area contributed by atoms with Crippen molar-refractivity contribution in [1.82, 2.24) is 0 Å². The molecule has 1 aliphatic rings. The predicted molar refractivity (Wildman–Crippen MR) is 111 cm³/mol. The number of carbonyl (C=O) groups is 3. The minimum atomic E-state index is -0.659. The molecule has 0 amide bonds. The molecule has 0 saturated heterocycles. The van der Waals surface area contributed by atoms with Crippen molar-refractivity contribution in [3.8, 4) is 0 Å². The molecule has 29 heavy (non-hydrogen) atoms. The van der Waals surface area contributed by atoms with E-state index in [4.69, 9.17) is 9.47 Å². The number of rotatable bonds is 12. The van der Waals surface area contributed by atoms with Crippen LogP contribution in [0.2, 0.25) is 0 Å². The zero-order chi connectivity index (χ0) is 21.9. The van der Waals surface area contributed by atoms with Crippen molar-refractivity contribution in [2.75, 3.05) is 20.8 Å². The van der Waals surface area contributed by atoms with Gasteiger partial charge in [0.2, 0.25) is 5.76 Å². The molecule has 1 rings (SSSR count). The Hall–Kier alpha value is -1.95. The molecule has 6 heteroatoms. The SMILES string of the molecule is COCC(C)(C)C/C=C/[C@H]1CCC(=O)[C@@H]1CCCC/C=C(\OC(C)=O)C(=O)OC. The smallest absolute Gasteiger partial charge is 0.373 e. The summed E-state index contributed by atoms with van der Waals surface area (Å²) in [4.78, 5) is 34.9. The van der Waals surface area contributed by atoms with Crippen LogP contribution in [0.4, 0.5) is 0 Å². The van der Waals surface area contributed by atoms with Crippen LogP contribution >= 0.6 is 0 Å². The Kier molecular flexibility index (Phi) is 10.9. The molecule has 0 radical (unpaired) electrons. The highest BCUT2D eigenvalue weighted by molar-refractivity contribution is 5.89. The minimum Gasteiger partial charge on any atom is -0.463 e. The molecule has 0 aromatic rings. The summed E-state index contributed by atoms with van der Waals surface area (Å²) in [5, 5.41) is 0. The topological polar surface area (TPSA) is 78.9 Å². The molecule has 1 aliphatic carbocycles. The monoisotopic (exact) mass is 408 g/mol. The largest absolute Gasteiger partial charge is 0.463 e. The lowest BCUT2D eigenvalue weighted by Crippen LogP contribution is -2.17. The number of hydrogen-bond acceptors (Lipinski definition) is 6. The number of unbranched alkanes of at least 4 members (excludes halogenated alkanes) is 2. The Balaban J connectivity index is 2.50. The van der Waals surface area contributed by atoms with Gasteiger partial charge in [-0.05, 0) is 49.5 Å². The lowest BCUT2D eigenvalue weighted by molar-refractivity contribution is -0.148. The maximum absolute atomic E-state index is 12.3. The van der Waals surface area contributed by atoms with E-state index in [9.17, 15) is 14.4 Å². The first-order valence-corrected chi connectivity index (χ1v) is 10.4. The summed E-state index contributed by atoms with van der Waals surface area (Å²) in [6, 6.07) is 0. The molecule has 0 N–H and O–H groups in total. The van der Waals surface area contributed by atoms with Gasteiger partial charge in [0.1, 0.15) is 5.78 Å². The van der Waals surface area contributed by atoms with Crippen LogP contribution in [0.3, 0.4) is 0 Å². The first kappa shape index (κ1) is 25.1. The number of carbonyl (C=O) groups excluding carboxylic acids is 3. The molecule has 0 aliphatic heterocycles. The van der Waals surface area contributed by atoms with E-state index in [1.54, 1.807) is 13.2 Å². The number of ketones is 1. The standard InChI is InChI=1S/C23H36O6/c1-17(24)29-21(22(26)28-5)12-8-6-7-11-19-18(13-14-20(19)25)10-9-15-23(2,3)16-27-4/h9-10,12,18-19H,6-8,11,13-16H2,1-5H3/b10-9+,21-12-/t18-,19+/m0/s1. The Morgan fingerprint density at radius 3 is 2.55 bits per heavy atom. The normalized spacial score (nSPS) is 20.3. The summed E-state index contributed by atoms with van der Waals surface area (Å²) in [5.41, 5.74) is 0.0922. The third-order valence-corrected chi connectivity index (χ3v) is 5.18. The molecule has 0 spiro atoms. The molecular weight excluding hydrogens is 372 g/mol. The van der Waals surface area contributed by atoms with Crippen LogP contribution < -0.4 is 0 Å².